The standard InChI is InChI=1S/C15H13BrFNO2/c1-9-6-7-10(11(16)8-9)14(15(19)20)18-13-5-3-2-4-12(13)17/h2-8,14,18H,1H3,(H,19,20). The van der Waals surface area contributed by atoms with E-state index in [-0.39, 0.29) is 5.69 Å². The van der Waals surface area contributed by atoms with Crippen molar-refractivity contribution in [3.05, 3.63) is 63.9 Å². The molecule has 2 aromatic carbocycles. The lowest BCUT2D eigenvalue weighted by molar-refractivity contribution is -0.138. The molecule has 2 rings (SSSR count). The van der Waals surface area contributed by atoms with E-state index in [1.807, 2.05) is 19.1 Å². The van der Waals surface area contributed by atoms with Gasteiger partial charge < -0.3 is 10.4 Å². The molecule has 104 valence electrons. The molecule has 1 atom stereocenters. The van der Waals surface area contributed by atoms with Crippen LogP contribution in [0.25, 0.3) is 0 Å². The van der Waals surface area contributed by atoms with Crippen LogP contribution in [0.4, 0.5) is 10.1 Å². The second-order valence-electron chi connectivity index (χ2n) is 4.42. The predicted octanol–water partition coefficient (Wildman–Crippen LogP) is 4.13. The minimum absolute atomic E-state index is 0.160. The van der Waals surface area contributed by atoms with Crippen LogP contribution in [-0.4, -0.2) is 11.1 Å². The van der Waals surface area contributed by atoms with Gasteiger partial charge >= 0.3 is 5.97 Å². The Labute approximate surface area is 124 Å². The Morgan fingerprint density at radius 1 is 1.30 bits per heavy atom. The summed E-state index contributed by atoms with van der Waals surface area (Å²) in [6.07, 6.45) is 0. The first-order chi connectivity index (χ1) is 9.49. The molecule has 0 aromatic heterocycles. The fourth-order valence-electron chi connectivity index (χ4n) is 1.87. The number of para-hydroxylation sites is 1. The highest BCUT2D eigenvalue weighted by atomic mass is 79.9. The molecule has 2 aromatic rings. The number of nitrogens with one attached hydrogen (secondary N) is 1. The summed E-state index contributed by atoms with van der Waals surface area (Å²) in [4.78, 5) is 11.4. The number of carboxylic acids is 1. The number of aryl methyl sites for hydroxylation is 1. The molecule has 0 aliphatic carbocycles. The summed E-state index contributed by atoms with van der Waals surface area (Å²) in [5.74, 6) is -1.56. The second-order valence-corrected chi connectivity index (χ2v) is 5.27. The molecule has 0 bridgehead atoms. The normalized spacial score (nSPS) is 11.9. The summed E-state index contributed by atoms with van der Waals surface area (Å²) >= 11 is 3.35. The van der Waals surface area contributed by atoms with Gasteiger partial charge in [0, 0.05) is 4.47 Å². The number of aliphatic carboxylic acids is 1. The number of carboxylic acid groups (broad SMARTS) is 1. The van der Waals surface area contributed by atoms with Gasteiger partial charge in [0.25, 0.3) is 0 Å². The summed E-state index contributed by atoms with van der Waals surface area (Å²) in [7, 11) is 0. The van der Waals surface area contributed by atoms with Gasteiger partial charge in [0.2, 0.25) is 0 Å². The zero-order valence-corrected chi connectivity index (χ0v) is 12.3. The molecule has 0 fully saturated rings. The molecule has 0 amide bonds. The lowest BCUT2D eigenvalue weighted by atomic mass is 10.0. The number of halogens is 2. The number of carbonyl (C=O) groups is 1. The van der Waals surface area contributed by atoms with Gasteiger partial charge in [-0.2, -0.15) is 0 Å². The van der Waals surface area contributed by atoms with Crippen molar-refractivity contribution in [2.24, 2.45) is 0 Å². The summed E-state index contributed by atoms with van der Waals surface area (Å²) in [5, 5.41) is 12.1. The van der Waals surface area contributed by atoms with Crippen molar-refractivity contribution in [2.45, 2.75) is 13.0 Å². The SMILES string of the molecule is Cc1ccc(C(Nc2ccccc2F)C(=O)O)c(Br)c1. The molecular formula is C15H13BrFNO2. The van der Waals surface area contributed by atoms with Crippen molar-refractivity contribution in [1.82, 2.24) is 0 Å². The molecule has 0 spiro atoms. The molecule has 0 heterocycles. The molecule has 5 heteroatoms. The van der Waals surface area contributed by atoms with E-state index in [1.54, 1.807) is 18.2 Å². The molecule has 3 nitrogen and oxygen atoms in total. The fraction of sp³-hybridized carbons (Fsp3) is 0.133. The lowest BCUT2D eigenvalue weighted by Crippen LogP contribution is -2.21. The maximum Gasteiger partial charge on any atom is 0.330 e. The molecule has 0 saturated heterocycles. The Morgan fingerprint density at radius 2 is 2.00 bits per heavy atom. The molecule has 20 heavy (non-hydrogen) atoms. The van der Waals surface area contributed by atoms with Gasteiger partial charge in [0.15, 0.2) is 6.04 Å². The first-order valence-electron chi connectivity index (χ1n) is 5.99. The highest BCUT2D eigenvalue weighted by Crippen LogP contribution is 2.28. The van der Waals surface area contributed by atoms with Gasteiger partial charge in [0.05, 0.1) is 5.69 Å². The quantitative estimate of drug-likeness (QED) is 0.881. The average Bonchev–Trinajstić information content (AvgIpc) is 2.38. The van der Waals surface area contributed by atoms with E-state index in [2.05, 4.69) is 21.2 Å². The van der Waals surface area contributed by atoms with Crippen LogP contribution in [0.1, 0.15) is 17.2 Å². The first kappa shape index (κ1) is 14.5. The minimum Gasteiger partial charge on any atom is -0.479 e. The zero-order valence-electron chi connectivity index (χ0n) is 10.7. The highest BCUT2D eigenvalue weighted by Gasteiger charge is 2.23. The number of hydrogen-bond donors (Lipinski definition) is 2. The first-order valence-corrected chi connectivity index (χ1v) is 6.78. The van der Waals surface area contributed by atoms with Gasteiger partial charge in [-0.05, 0) is 36.2 Å². The average molecular weight is 338 g/mol. The Balaban J connectivity index is 2.37. The van der Waals surface area contributed by atoms with E-state index >= 15 is 0 Å². The van der Waals surface area contributed by atoms with Gasteiger partial charge in [-0.25, -0.2) is 9.18 Å². The molecule has 0 saturated carbocycles. The molecule has 2 N–H and O–H groups in total. The van der Waals surface area contributed by atoms with Gasteiger partial charge in [-0.1, -0.05) is 40.2 Å². The van der Waals surface area contributed by atoms with Crippen LogP contribution in [0, 0.1) is 12.7 Å². The van der Waals surface area contributed by atoms with Crippen LogP contribution in [0.3, 0.4) is 0 Å². The Morgan fingerprint density at radius 3 is 2.60 bits per heavy atom. The van der Waals surface area contributed by atoms with Gasteiger partial charge in [0.1, 0.15) is 5.82 Å². The van der Waals surface area contributed by atoms with E-state index < -0.39 is 17.8 Å². The third-order valence-corrected chi connectivity index (χ3v) is 3.57. The number of benzene rings is 2. The van der Waals surface area contributed by atoms with Crippen molar-refractivity contribution in [3.8, 4) is 0 Å². The van der Waals surface area contributed by atoms with Crippen LogP contribution in [0.2, 0.25) is 0 Å². The largest absolute Gasteiger partial charge is 0.479 e. The molecule has 1 unspecified atom stereocenters. The van der Waals surface area contributed by atoms with Crippen LogP contribution in [0.15, 0.2) is 46.9 Å². The van der Waals surface area contributed by atoms with Crippen molar-refractivity contribution in [1.29, 1.82) is 0 Å². The van der Waals surface area contributed by atoms with E-state index in [9.17, 15) is 14.3 Å². The van der Waals surface area contributed by atoms with E-state index in [0.717, 1.165) is 5.56 Å². The number of hydrogen-bond acceptors (Lipinski definition) is 2. The molecule has 0 aliphatic rings. The van der Waals surface area contributed by atoms with Crippen LogP contribution < -0.4 is 5.32 Å². The summed E-state index contributed by atoms with van der Waals surface area (Å²) in [6.45, 7) is 1.91. The van der Waals surface area contributed by atoms with E-state index in [0.29, 0.717) is 10.0 Å². The van der Waals surface area contributed by atoms with Crippen molar-refractivity contribution in [2.75, 3.05) is 5.32 Å². The number of rotatable bonds is 4. The summed E-state index contributed by atoms with van der Waals surface area (Å²) in [5.41, 5.74) is 1.72. The Kier molecular flexibility index (Phi) is 4.39. The molecular weight excluding hydrogens is 325 g/mol. The maximum absolute atomic E-state index is 13.6. The molecule has 0 radical (unpaired) electrons. The lowest BCUT2D eigenvalue weighted by Gasteiger charge is -2.18. The third-order valence-electron chi connectivity index (χ3n) is 2.89. The Bertz CT molecular complexity index is 646. The second kappa shape index (κ2) is 6.05. The predicted molar refractivity (Wildman–Crippen MR) is 79.3 cm³/mol. The van der Waals surface area contributed by atoms with E-state index in [1.165, 1.54) is 12.1 Å². The maximum atomic E-state index is 13.6. The topological polar surface area (TPSA) is 49.3 Å². The summed E-state index contributed by atoms with van der Waals surface area (Å²) < 4.78 is 14.3. The van der Waals surface area contributed by atoms with Crippen molar-refractivity contribution >= 4 is 27.6 Å². The van der Waals surface area contributed by atoms with Crippen molar-refractivity contribution in [3.63, 3.8) is 0 Å². The minimum atomic E-state index is -1.07. The van der Waals surface area contributed by atoms with Gasteiger partial charge in [-0.15, -0.1) is 0 Å². The smallest absolute Gasteiger partial charge is 0.330 e. The zero-order chi connectivity index (χ0) is 14.7. The van der Waals surface area contributed by atoms with Crippen LogP contribution >= 0.6 is 15.9 Å². The van der Waals surface area contributed by atoms with E-state index in [4.69, 9.17) is 0 Å². The fourth-order valence-corrected chi connectivity index (χ4v) is 2.59. The summed E-state index contributed by atoms with van der Waals surface area (Å²) in [6, 6.07) is 10.3. The van der Waals surface area contributed by atoms with Crippen LogP contribution in [0.5, 0.6) is 0 Å². The monoisotopic (exact) mass is 337 g/mol. The van der Waals surface area contributed by atoms with Crippen molar-refractivity contribution < 1.29 is 14.3 Å². The number of anilines is 1. The Hall–Kier alpha value is -1.88. The third kappa shape index (κ3) is 3.17. The highest BCUT2D eigenvalue weighted by molar-refractivity contribution is 9.10. The van der Waals surface area contributed by atoms with Crippen LogP contribution in [-0.2, 0) is 4.79 Å². The van der Waals surface area contributed by atoms with Gasteiger partial charge in [-0.3, -0.25) is 0 Å². The molecule has 0 aliphatic heterocycles.